The molecular weight excluding hydrogens is 274 g/mol. The highest BCUT2D eigenvalue weighted by Gasteiger charge is 2.23. The SMILES string of the molecule is NS(=O)(=O)N1CCN(Cc2ccc(Cl)cc2)CC1. The highest BCUT2D eigenvalue weighted by molar-refractivity contribution is 7.86. The molecule has 1 heterocycles. The van der Waals surface area contributed by atoms with E-state index >= 15 is 0 Å². The molecule has 0 radical (unpaired) electrons. The van der Waals surface area contributed by atoms with E-state index in [4.69, 9.17) is 16.7 Å². The van der Waals surface area contributed by atoms with Crippen LogP contribution in [0.25, 0.3) is 0 Å². The smallest absolute Gasteiger partial charge is 0.276 e. The second-order valence-electron chi connectivity index (χ2n) is 4.35. The van der Waals surface area contributed by atoms with E-state index in [-0.39, 0.29) is 0 Å². The molecule has 18 heavy (non-hydrogen) atoms. The third-order valence-corrected chi connectivity index (χ3v) is 4.35. The van der Waals surface area contributed by atoms with Gasteiger partial charge >= 0.3 is 0 Å². The Morgan fingerprint density at radius 1 is 1.11 bits per heavy atom. The number of halogens is 1. The quantitative estimate of drug-likeness (QED) is 0.889. The molecule has 0 aliphatic carbocycles. The van der Waals surface area contributed by atoms with Crippen LogP contribution in [0.4, 0.5) is 0 Å². The zero-order chi connectivity index (χ0) is 13.2. The highest BCUT2D eigenvalue weighted by Crippen LogP contribution is 2.13. The lowest BCUT2D eigenvalue weighted by atomic mass is 10.2. The minimum atomic E-state index is -3.54. The third kappa shape index (κ3) is 3.66. The van der Waals surface area contributed by atoms with Gasteiger partial charge in [-0.05, 0) is 17.7 Å². The summed E-state index contributed by atoms with van der Waals surface area (Å²) in [6.07, 6.45) is 0. The van der Waals surface area contributed by atoms with Crippen LogP contribution in [0.1, 0.15) is 5.56 Å². The van der Waals surface area contributed by atoms with Crippen molar-refractivity contribution in [3.8, 4) is 0 Å². The Hall–Kier alpha value is -0.660. The summed E-state index contributed by atoms with van der Waals surface area (Å²) in [6.45, 7) is 3.09. The molecule has 100 valence electrons. The summed E-state index contributed by atoms with van der Waals surface area (Å²) < 4.78 is 23.6. The molecule has 2 rings (SSSR count). The number of piperazine rings is 1. The maximum atomic E-state index is 11.2. The molecule has 1 saturated heterocycles. The van der Waals surface area contributed by atoms with E-state index < -0.39 is 10.2 Å². The van der Waals surface area contributed by atoms with Gasteiger partial charge in [-0.25, -0.2) is 5.14 Å². The summed E-state index contributed by atoms with van der Waals surface area (Å²) in [5.74, 6) is 0. The van der Waals surface area contributed by atoms with Crippen LogP contribution >= 0.6 is 11.6 Å². The molecule has 0 unspecified atom stereocenters. The number of hydrogen-bond donors (Lipinski definition) is 1. The number of nitrogens with two attached hydrogens (primary N) is 1. The number of rotatable bonds is 3. The predicted molar refractivity (Wildman–Crippen MR) is 71.4 cm³/mol. The summed E-state index contributed by atoms with van der Waals surface area (Å²) in [4.78, 5) is 2.20. The molecule has 0 bridgehead atoms. The summed E-state index contributed by atoms with van der Waals surface area (Å²) in [6, 6.07) is 7.68. The zero-order valence-electron chi connectivity index (χ0n) is 9.92. The van der Waals surface area contributed by atoms with E-state index in [1.54, 1.807) is 0 Å². The normalized spacial score (nSPS) is 19.0. The van der Waals surface area contributed by atoms with E-state index in [0.29, 0.717) is 26.2 Å². The number of nitrogens with zero attached hydrogens (tertiary/aromatic N) is 2. The Bertz CT molecular complexity index is 496. The Labute approximate surface area is 112 Å². The monoisotopic (exact) mass is 289 g/mol. The van der Waals surface area contributed by atoms with Crippen LogP contribution < -0.4 is 5.14 Å². The molecule has 1 aliphatic rings. The van der Waals surface area contributed by atoms with E-state index in [1.165, 1.54) is 9.87 Å². The van der Waals surface area contributed by atoms with E-state index in [2.05, 4.69) is 4.90 Å². The molecular formula is C11H16ClN3O2S. The fraction of sp³-hybridized carbons (Fsp3) is 0.455. The van der Waals surface area contributed by atoms with Gasteiger partial charge in [0.05, 0.1) is 0 Å². The largest absolute Gasteiger partial charge is 0.296 e. The van der Waals surface area contributed by atoms with Gasteiger partial charge in [0.1, 0.15) is 0 Å². The molecule has 0 amide bonds. The van der Waals surface area contributed by atoms with Gasteiger partial charge in [0.15, 0.2) is 0 Å². The first-order valence-corrected chi connectivity index (χ1v) is 7.58. The van der Waals surface area contributed by atoms with Gasteiger partial charge in [-0.3, -0.25) is 4.90 Å². The van der Waals surface area contributed by atoms with Crippen molar-refractivity contribution in [2.45, 2.75) is 6.54 Å². The molecule has 0 atom stereocenters. The first kappa shape index (κ1) is 13.8. The maximum absolute atomic E-state index is 11.2. The molecule has 0 aromatic heterocycles. The van der Waals surface area contributed by atoms with Crippen LogP contribution in [-0.2, 0) is 16.8 Å². The second kappa shape index (κ2) is 5.54. The number of hydrogen-bond acceptors (Lipinski definition) is 3. The van der Waals surface area contributed by atoms with Crippen molar-refractivity contribution in [2.24, 2.45) is 5.14 Å². The van der Waals surface area contributed by atoms with Gasteiger partial charge in [0, 0.05) is 37.7 Å². The van der Waals surface area contributed by atoms with Gasteiger partial charge in [0.2, 0.25) is 0 Å². The maximum Gasteiger partial charge on any atom is 0.276 e. The summed E-state index contributed by atoms with van der Waals surface area (Å²) in [5, 5.41) is 5.81. The molecule has 2 N–H and O–H groups in total. The lowest BCUT2D eigenvalue weighted by Gasteiger charge is -2.32. The minimum absolute atomic E-state index is 0.451. The lowest BCUT2D eigenvalue weighted by Crippen LogP contribution is -2.50. The van der Waals surface area contributed by atoms with Gasteiger partial charge in [-0.2, -0.15) is 12.7 Å². The van der Waals surface area contributed by atoms with Gasteiger partial charge in [-0.15, -0.1) is 0 Å². The first-order chi connectivity index (χ1) is 8.45. The van der Waals surface area contributed by atoms with Crippen LogP contribution in [0.2, 0.25) is 5.02 Å². The van der Waals surface area contributed by atoms with Crippen molar-refractivity contribution < 1.29 is 8.42 Å². The average Bonchev–Trinajstić information content (AvgIpc) is 2.32. The van der Waals surface area contributed by atoms with Crippen LogP contribution in [0.15, 0.2) is 24.3 Å². The van der Waals surface area contributed by atoms with Gasteiger partial charge < -0.3 is 0 Å². The summed E-state index contributed by atoms with van der Waals surface area (Å²) in [5.41, 5.74) is 1.17. The standard InChI is InChI=1S/C11H16ClN3O2S/c12-11-3-1-10(2-4-11)9-14-5-7-15(8-6-14)18(13,16)17/h1-4H,5-9H2,(H2,13,16,17). The second-order valence-corrected chi connectivity index (χ2v) is 6.33. The van der Waals surface area contributed by atoms with Crippen molar-refractivity contribution in [1.82, 2.24) is 9.21 Å². The average molecular weight is 290 g/mol. The minimum Gasteiger partial charge on any atom is -0.296 e. The van der Waals surface area contributed by atoms with Crippen molar-refractivity contribution in [2.75, 3.05) is 26.2 Å². The van der Waals surface area contributed by atoms with Crippen molar-refractivity contribution in [3.63, 3.8) is 0 Å². The van der Waals surface area contributed by atoms with Gasteiger partial charge in [0.25, 0.3) is 10.2 Å². The first-order valence-electron chi connectivity index (χ1n) is 5.70. The van der Waals surface area contributed by atoms with E-state index in [1.807, 2.05) is 24.3 Å². The van der Waals surface area contributed by atoms with Crippen LogP contribution in [0.5, 0.6) is 0 Å². The van der Waals surface area contributed by atoms with Crippen LogP contribution in [0, 0.1) is 0 Å². The fourth-order valence-corrected chi connectivity index (χ4v) is 2.79. The van der Waals surface area contributed by atoms with E-state index in [9.17, 15) is 8.42 Å². The highest BCUT2D eigenvalue weighted by atomic mass is 35.5. The zero-order valence-corrected chi connectivity index (χ0v) is 11.5. The molecule has 1 aliphatic heterocycles. The van der Waals surface area contributed by atoms with Crippen molar-refractivity contribution in [3.05, 3.63) is 34.9 Å². The molecule has 5 nitrogen and oxygen atoms in total. The molecule has 0 spiro atoms. The lowest BCUT2D eigenvalue weighted by molar-refractivity contribution is 0.181. The fourth-order valence-electron chi connectivity index (χ4n) is 1.99. The molecule has 1 aromatic rings. The van der Waals surface area contributed by atoms with Crippen molar-refractivity contribution in [1.29, 1.82) is 0 Å². The summed E-state index contributed by atoms with van der Waals surface area (Å²) in [7, 11) is -3.54. The topological polar surface area (TPSA) is 66.6 Å². The van der Waals surface area contributed by atoms with Gasteiger partial charge in [-0.1, -0.05) is 23.7 Å². The predicted octanol–water partition coefficient (Wildman–Crippen LogP) is 0.661. The third-order valence-electron chi connectivity index (χ3n) is 3.01. The molecule has 1 aromatic carbocycles. The van der Waals surface area contributed by atoms with Crippen molar-refractivity contribution >= 4 is 21.8 Å². The Morgan fingerprint density at radius 2 is 1.67 bits per heavy atom. The molecule has 1 fully saturated rings. The molecule has 7 heteroatoms. The Morgan fingerprint density at radius 3 is 2.17 bits per heavy atom. The van der Waals surface area contributed by atoms with E-state index in [0.717, 1.165) is 11.6 Å². The summed E-state index contributed by atoms with van der Waals surface area (Å²) >= 11 is 5.82. The Kier molecular flexibility index (Phi) is 4.24. The van der Waals surface area contributed by atoms with Crippen LogP contribution in [0.3, 0.4) is 0 Å². The molecule has 0 saturated carbocycles. The number of benzene rings is 1. The Balaban J connectivity index is 1.89. The van der Waals surface area contributed by atoms with Crippen LogP contribution in [-0.4, -0.2) is 43.8 Å².